The molecule has 1 N–H and O–H groups in total. The molecule has 2 aromatic carbocycles. The topological polar surface area (TPSA) is 99.7 Å². The van der Waals surface area contributed by atoms with E-state index in [0.29, 0.717) is 33.9 Å². The van der Waals surface area contributed by atoms with E-state index in [1.54, 1.807) is 42.2 Å². The summed E-state index contributed by atoms with van der Waals surface area (Å²) in [6, 6.07) is 14.7. The van der Waals surface area contributed by atoms with Crippen molar-refractivity contribution < 1.29 is 18.0 Å². The van der Waals surface area contributed by atoms with Crippen LogP contribution in [0.25, 0.3) is 22.5 Å². The molecule has 8 nitrogen and oxygen atoms in total. The normalized spacial score (nSPS) is 15.2. The summed E-state index contributed by atoms with van der Waals surface area (Å²) in [5, 5.41) is 21.2. The van der Waals surface area contributed by atoms with Gasteiger partial charge in [0.1, 0.15) is 18.0 Å². The first-order valence-electron chi connectivity index (χ1n) is 12.4. The summed E-state index contributed by atoms with van der Waals surface area (Å²) < 4.78 is 42.9. The summed E-state index contributed by atoms with van der Waals surface area (Å²) >= 11 is 0. The van der Waals surface area contributed by atoms with Crippen molar-refractivity contribution in [1.29, 1.82) is 5.26 Å². The molecule has 1 aliphatic heterocycles. The van der Waals surface area contributed by atoms with Gasteiger partial charge < -0.3 is 9.88 Å². The van der Waals surface area contributed by atoms with Crippen molar-refractivity contribution in [3.05, 3.63) is 77.1 Å². The number of nitrogens with one attached hydrogen (secondary N) is 1. The molecule has 0 unspecified atom stereocenters. The zero-order valence-electron chi connectivity index (χ0n) is 20.8. The molecule has 1 saturated carbocycles. The van der Waals surface area contributed by atoms with Crippen LogP contribution < -0.4 is 10.2 Å². The van der Waals surface area contributed by atoms with Gasteiger partial charge in [-0.25, -0.2) is 4.98 Å². The molecule has 2 aliphatic rings. The average Bonchev–Trinajstić information content (AvgIpc) is 3.48. The molecule has 1 fully saturated rings. The number of halogens is 3. The standard InChI is InChI=1S/C28H22F3N7O/c1-37-15-33-36-26(37)19-9-8-16(13-32)10-21(19)17-11-24(34-18-4-2-5-18)35-25(12-17)38-14-22-20(27(38)39)6-3-7-23(22)28(29,30)31/h3,6-12,15,18H,2,4-5,14H2,1H3,(H,34,35). The highest BCUT2D eigenvalue weighted by Crippen LogP contribution is 2.40. The third-order valence-corrected chi connectivity index (χ3v) is 7.23. The van der Waals surface area contributed by atoms with Gasteiger partial charge in [-0.1, -0.05) is 6.07 Å². The Hall–Kier alpha value is -4.72. The third kappa shape index (κ3) is 4.37. The molecular formula is C28H22F3N7O. The smallest absolute Gasteiger partial charge is 0.367 e. The molecule has 1 amide bonds. The minimum Gasteiger partial charge on any atom is -0.367 e. The maximum atomic E-state index is 13.7. The predicted molar refractivity (Wildman–Crippen MR) is 138 cm³/mol. The van der Waals surface area contributed by atoms with Gasteiger partial charge in [0.15, 0.2) is 5.82 Å². The zero-order valence-corrected chi connectivity index (χ0v) is 20.8. The molecule has 2 aromatic heterocycles. The number of aromatic nitrogens is 4. The van der Waals surface area contributed by atoms with Crippen molar-refractivity contribution in [2.45, 2.75) is 38.0 Å². The highest BCUT2D eigenvalue weighted by atomic mass is 19.4. The van der Waals surface area contributed by atoms with Crippen LogP contribution in [0.1, 0.15) is 46.3 Å². The van der Waals surface area contributed by atoms with E-state index in [-0.39, 0.29) is 29.5 Å². The van der Waals surface area contributed by atoms with Gasteiger partial charge in [0, 0.05) is 24.2 Å². The Balaban J connectivity index is 1.50. The number of aryl methyl sites for hydroxylation is 1. The van der Waals surface area contributed by atoms with E-state index in [9.17, 15) is 23.2 Å². The van der Waals surface area contributed by atoms with Crippen LogP contribution >= 0.6 is 0 Å². The molecular weight excluding hydrogens is 507 g/mol. The summed E-state index contributed by atoms with van der Waals surface area (Å²) in [6.45, 7) is -0.252. The highest BCUT2D eigenvalue weighted by Gasteiger charge is 2.40. The molecule has 3 heterocycles. The van der Waals surface area contributed by atoms with Crippen LogP contribution in [-0.4, -0.2) is 31.7 Å². The van der Waals surface area contributed by atoms with Crippen LogP contribution in [0.4, 0.5) is 24.8 Å². The minimum atomic E-state index is -4.59. The fourth-order valence-corrected chi connectivity index (χ4v) is 5.00. The van der Waals surface area contributed by atoms with Gasteiger partial charge in [-0.15, -0.1) is 10.2 Å². The second-order valence-electron chi connectivity index (χ2n) is 9.73. The lowest BCUT2D eigenvalue weighted by Gasteiger charge is -2.28. The number of rotatable bonds is 5. The van der Waals surface area contributed by atoms with Gasteiger partial charge in [0.2, 0.25) is 0 Å². The maximum Gasteiger partial charge on any atom is 0.416 e. The number of nitriles is 1. The van der Waals surface area contributed by atoms with Gasteiger partial charge in [-0.2, -0.15) is 18.4 Å². The molecule has 39 heavy (non-hydrogen) atoms. The van der Waals surface area contributed by atoms with Gasteiger partial charge >= 0.3 is 6.18 Å². The first-order chi connectivity index (χ1) is 18.7. The summed E-state index contributed by atoms with van der Waals surface area (Å²) in [5.74, 6) is 0.740. The van der Waals surface area contributed by atoms with E-state index in [1.165, 1.54) is 17.0 Å². The van der Waals surface area contributed by atoms with E-state index >= 15 is 0 Å². The number of pyridine rings is 1. The number of hydrogen-bond acceptors (Lipinski definition) is 6. The van der Waals surface area contributed by atoms with E-state index in [0.717, 1.165) is 25.3 Å². The maximum absolute atomic E-state index is 13.7. The summed E-state index contributed by atoms with van der Waals surface area (Å²) in [6.07, 6.45) is 0.00937. The number of benzene rings is 2. The molecule has 0 spiro atoms. The fraction of sp³-hybridized carbons (Fsp3) is 0.250. The fourth-order valence-electron chi connectivity index (χ4n) is 5.00. The van der Waals surface area contributed by atoms with Gasteiger partial charge in [-0.3, -0.25) is 9.69 Å². The van der Waals surface area contributed by atoms with Crippen molar-refractivity contribution in [2.75, 3.05) is 10.2 Å². The van der Waals surface area contributed by atoms with Gasteiger partial charge in [0.05, 0.1) is 23.7 Å². The van der Waals surface area contributed by atoms with Gasteiger partial charge in [-0.05, 0) is 78.4 Å². The van der Waals surface area contributed by atoms with Crippen molar-refractivity contribution >= 4 is 17.5 Å². The molecule has 196 valence electrons. The van der Waals surface area contributed by atoms with E-state index < -0.39 is 17.6 Å². The quantitative estimate of drug-likeness (QED) is 0.363. The number of hydrogen-bond donors (Lipinski definition) is 1. The Bertz CT molecular complexity index is 1650. The summed E-state index contributed by atoms with van der Waals surface area (Å²) in [4.78, 5) is 19.3. The minimum absolute atomic E-state index is 0.0109. The lowest BCUT2D eigenvalue weighted by Crippen LogP contribution is -2.28. The van der Waals surface area contributed by atoms with Crippen molar-refractivity contribution in [1.82, 2.24) is 19.7 Å². The van der Waals surface area contributed by atoms with Crippen molar-refractivity contribution in [2.24, 2.45) is 7.05 Å². The number of fused-ring (bicyclic) bond motifs is 1. The Morgan fingerprint density at radius 2 is 1.90 bits per heavy atom. The molecule has 6 rings (SSSR count). The number of alkyl halides is 3. The second-order valence-corrected chi connectivity index (χ2v) is 9.73. The van der Waals surface area contributed by atoms with Crippen LogP contribution in [0.15, 0.2) is 54.9 Å². The van der Waals surface area contributed by atoms with E-state index in [4.69, 9.17) is 0 Å². The van der Waals surface area contributed by atoms with Crippen LogP contribution in [0, 0.1) is 11.3 Å². The monoisotopic (exact) mass is 529 g/mol. The first-order valence-corrected chi connectivity index (χ1v) is 12.4. The second kappa shape index (κ2) is 9.23. The predicted octanol–water partition coefficient (Wildman–Crippen LogP) is 5.56. The number of carbonyl (C=O) groups excluding carboxylic acids is 1. The Kier molecular flexibility index (Phi) is 5.83. The van der Waals surface area contributed by atoms with Crippen LogP contribution in [0.5, 0.6) is 0 Å². The number of carbonyl (C=O) groups is 1. The van der Waals surface area contributed by atoms with Crippen molar-refractivity contribution in [3.8, 4) is 28.6 Å². The lowest BCUT2D eigenvalue weighted by molar-refractivity contribution is -0.138. The van der Waals surface area contributed by atoms with Crippen LogP contribution in [0.3, 0.4) is 0 Å². The largest absolute Gasteiger partial charge is 0.416 e. The Morgan fingerprint density at radius 1 is 1.08 bits per heavy atom. The number of amides is 1. The molecule has 0 saturated heterocycles. The Labute approximate surface area is 221 Å². The highest BCUT2D eigenvalue weighted by molar-refractivity contribution is 6.10. The van der Waals surface area contributed by atoms with Crippen molar-refractivity contribution in [3.63, 3.8) is 0 Å². The molecule has 11 heteroatoms. The molecule has 4 aromatic rings. The molecule has 0 radical (unpaired) electrons. The average molecular weight is 530 g/mol. The SMILES string of the molecule is Cn1cnnc1-c1ccc(C#N)cc1-c1cc(NC2CCC2)nc(N2Cc3c(cccc3C(F)(F)F)C2=O)c1. The number of nitrogens with zero attached hydrogens (tertiary/aromatic N) is 6. The molecule has 1 aliphatic carbocycles. The van der Waals surface area contributed by atoms with E-state index in [2.05, 4.69) is 26.6 Å². The first kappa shape index (κ1) is 24.6. The van der Waals surface area contributed by atoms with E-state index in [1.807, 2.05) is 6.07 Å². The van der Waals surface area contributed by atoms with Gasteiger partial charge in [0.25, 0.3) is 5.91 Å². The third-order valence-electron chi connectivity index (χ3n) is 7.23. The number of anilines is 2. The lowest BCUT2D eigenvalue weighted by atomic mass is 9.93. The Morgan fingerprint density at radius 3 is 2.56 bits per heavy atom. The summed E-state index contributed by atoms with van der Waals surface area (Å²) in [5.41, 5.74) is 1.53. The van der Waals surface area contributed by atoms with Crippen LogP contribution in [-0.2, 0) is 19.8 Å². The van der Waals surface area contributed by atoms with Crippen LogP contribution in [0.2, 0.25) is 0 Å². The molecule has 0 atom stereocenters. The zero-order chi connectivity index (χ0) is 27.3. The summed E-state index contributed by atoms with van der Waals surface area (Å²) in [7, 11) is 1.80. The molecule has 0 bridgehead atoms.